The van der Waals surface area contributed by atoms with Crippen molar-refractivity contribution in [2.75, 3.05) is 19.5 Å². The predicted molar refractivity (Wildman–Crippen MR) is 115 cm³/mol. The van der Waals surface area contributed by atoms with Crippen molar-refractivity contribution in [3.8, 4) is 0 Å². The molecule has 3 rings (SSSR count). The van der Waals surface area contributed by atoms with Crippen molar-refractivity contribution >= 4 is 35.3 Å². The lowest BCUT2D eigenvalue weighted by atomic mass is 10.1. The average molecular weight is 437 g/mol. The number of methoxy groups -OCH3 is 2. The number of hydrogen-bond acceptors (Lipinski definition) is 8. The highest BCUT2D eigenvalue weighted by Gasteiger charge is 2.17. The molecule has 0 bridgehead atoms. The number of amides is 1. The van der Waals surface area contributed by atoms with E-state index in [-0.39, 0.29) is 16.8 Å². The lowest BCUT2D eigenvalue weighted by Crippen LogP contribution is -2.15. The summed E-state index contributed by atoms with van der Waals surface area (Å²) in [5.74, 6) is -1.10. The second kappa shape index (κ2) is 10.4. The molecule has 1 N–H and O–H groups in total. The number of carbonyl (C=O) groups excluding carboxylic acids is 3. The largest absolute Gasteiger partial charge is 0.465 e. The van der Waals surface area contributed by atoms with Crippen LogP contribution in [0.4, 0.5) is 5.69 Å². The van der Waals surface area contributed by atoms with Gasteiger partial charge in [-0.05, 0) is 48.0 Å². The highest BCUT2D eigenvalue weighted by molar-refractivity contribution is 7.98. The Kier molecular flexibility index (Phi) is 7.34. The van der Waals surface area contributed by atoms with E-state index in [9.17, 15) is 14.4 Å². The molecule has 2 aromatic heterocycles. The number of ether oxygens (including phenoxy) is 2. The first-order chi connectivity index (χ1) is 15.0. The summed E-state index contributed by atoms with van der Waals surface area (Å²) in [5, 5.41) is 3.27. The topological polar surface area (TPSA) is 107 Å². The molecule has 0 aliphatic rings. The molecular weight excluding hydrogens is 418 g/mol. The first kappa shape index (κ1) is 22.0. The molecule has 0 unspecified atom stereocenters. The summed E-state index contributed by atoms with van der Waals surface area (Å²) in [6.45, 7) is 0. The minimum Gasteiger partial charge on any atom is -0.465 e. The van der Waals surface area contributed by atoms with E-state index >= 15 is 0 Å². The normalized spacial score (nSPS) is 10.3. The van der Waals surface area contributed by atoms with Gasteiger partial charge >= 0.3 is 11.9 Å². The molecule has 0 fully saturated rings. The van der Waals surface area contributed by atoms with Crippen LogP contribution in [-0.2, 0) is 15.2 Å². The van der Waals surface area contributed by atoms with Gasteiger partial charge in [-0.15, -0.1) is 11.8 Å². The Bertz CT molecular complexity index is 1070. The molecule has 31 heavy (non-hydrogen) atoms. The number of aromatic nitrogens is 2. The number of anilines is 1. The predicted octanol–water partition coefficient (Wildman–Crippen LogP) is 3.59. The van der Waals surface area contributed by atoms with E-state index in [1.165, 1.54) is 44.2 Å². The minimum atomic E-state index is -0.642. The fourth-order valence-electron chi connectivity index (χ4n) is 2.68. The van der Waals surface area contributed by atoms with Gasteiger partial charge in [0.15, 0.2) is 0 Å². The van der Waals surface area contributed by atoms with Crippen LogP contribution in [0.5, 0.6) is 0 Å². The molecule has 0 aliphatic carbocycles. The average Bonchev–Trinajstić information content (AvgIpc) is 2.82. The summed E-state index contributed by atoms with van der Waals surface area (Å²) in [7, 11) is 2.46. The SMILES string of the molecule is COC(=O)c1cc(NC(=O)c2cccnc2SCc2ccncc2)cc(C(=O)OC)c1. The Morgan fingerprint density at radius 2 is 1.58 bits per heavy atom. The second-order valence-electron chi connectivity index (χ2n) is 6.24. The summed E-state index contributed by atoms with van der Waals surface area (Å²) in [6, 6.07) is 11.3. The Labute approximate surface area is 183 Å². The van der Waals surface area contributed by atoms with Gasteiger partial charge < -0.3 is 14.8 Å². The van der Waals surface area contributed by atoms with Crippen LogP contribution >= 0.6 is 11.8 Å². The quantitative estimate of drug-likeness (QED) is 0.441. The molecule has 0 saturated carbocycles. The van der Waals surface area contributed by atoms with Crippen molar-refractivity contribution in [1.29, 1.82) is 0 Å². The molecule has 0 saturated heterocycles. The van der Waals surface area contributed by atoms with E-state index in [1.54, 1.807) is 30.7 Å². The molecule has 0 atom stereocenters. The number of rotatable bonds is 7. The second-order valence-corrected chi connectivity index (χ2v) is 7.20. The Balaban J connectivity index is 1.84. The lowest BCUT2D eigenvalue weighted by Gasteiger charge is -2.11. The van der Waals surface area contributed by atoms with Gasteiger partial charge in [0.05, 0.1) is 30.9 Å². The first-order valence-electron chi connectivity index (χ1n) is 9.11. The molecule has 9 heteroatoms. The number of nitrogens with one attached hydrogen (secondary N) is 1. The Morgan fingerprint density at radius 3 is 2.19 bits per heavy atom. The first-order valence-corrected chi connectivity index (χ1v) is 10.1. The summed E-state index contributed by atoms with van der Waals surface area (Å²) in [5.41, 5.74) is 1.88. The maximum absolute atomic E-state index is 12.9. The fourth-order valence-corrected chi connectivity index (χ4v) is 3.63. The van der Waals surface area contributed by atoms with Crippen molar-refractivity contribution in [3.05, 3.63) is 83.3 Å². The van der Waals surface area contributed by atoms with Gasteiger partial charge in [-0.2, -0.15) is 0 Å². The van der Waals surface area contributed by atoms with E-state index in [0.717, 1.165) is 5.56 Å². The summed E-state index contributed by atoms with van der Waals surface area (Å²) >= 11 is 1.41. The molecule has 2 heterocycles. The van der Waals surface area contributed by atoms with Crippen LogP contribution in [0.25, 0.3) is 0 Å². The standard InChI is InChI=1S/C22H19N3O5S/c1-29-21(27)15-10-16(22(28)30-2)12-17(11-15)25-19(26)18-4-3-7-24-20(18)31-13-14-5-8-23-9-6-14/h3-12H,13H2,1-2H3,(H,25,26). The van der Waals surface area contributed by atoms with Gasteiger partial charge in [-0.25, -0.2) is 14.6 Å². The van der Waals surface area contributed by atoms with Crippen LogP contribution in [-0.4, -0.2) is 42.0 Å². The summed E-state index contributed by atoms with van der Waals surface area (Å²) in [4.78, 5) is 45.2. The molecule has 3 aromatic rings. The highest BCUT2D eigenvalue weighted by Crippen LogP contribution is 2.25. The molecule has 0 radical (unpaired) electrons. The number of nitrogens with zero attached hydrogens (tertiary/aromatic N) is 2. The monoisotopic (exact) mass is 437 g/mol. The van der Waals surface area contributed by atoms with Gasteiger partial charge in [0.25, 0.3) is 5.91 Å². The zero-order valence-corrected chi connectivity index (χ0v) is 17.6. The van der Waals surface area contributed by atoms with E-state index in [4.69, 9.17) is 9.47 Å². The van der Waals surface area contributed by atoms with E-state index in [1.807, 2.05) is 12.1 Å². The van der Waals surface area contributed by atoms with Gasteiger partial charge in [0.1, 0.15) is 5.03 Å². The zero-order valence-electron chi connectivity index (χ0n) is 16.8. The number of pyridine rings is 2. The van der Waals surface area contributed by atoms with Gasteiger partial charge in [-0.3, -0.25) is 9.78 Å². The maximum Gasteiger partial charge on any atom is 0.337 e. The number of benzene rings is 1. The van der Waals surface area contributed by atoms with Crippen molar-refractivity contribution in [3.63, 3.8) is 0 Å². The molecule has 8 nitrogen and oxygen atoms in total. The third-order valence-corrected chi connectivity index (χ3v) is 5.25. The van der Waals surface area contributed by atoms with Crippen LogP contribution < -0.4 is 5.32 Å². The molecule has 0 aliphatic heterocycles. The summed E-state index contributed by atoms with van der Waals surface area (Å²) < 4.78 is 9.44. The van der Waals surface area contributed by atoms with Crippen molar-refractivity contribution in [1.82, 2.24) is 9.97 Å². The lowest BCUT2D eigenvalue weighted by molar-refractivity contribution is 0.0599. The number of carbonyl (C=O) groups is 3. The molecule has 0 spiro atoms. The number of esters is 2. The number of hydrogen-bond donors (Lipinski definition) is 1. The minimum absolute atomic E-state index is 0.110. The third-order valence-electron chi connectivity index (χ3n) is 4.17. The van der Waals surface area contributed by atoms with Crippen LogP contribution in [0.1, 0.15) is 36.6 Å². The molecule has 1 amide bonds. The van der Waals surface area contributed by atoms with E-state index < -0.39 is 17.8 Å². The Morgan fingerprint density at radius 1 is 0.935 bits per heavy atom. The zero-order chi connectivity index (χ0) is 22.2. The maximum atomic E-state index is 12.9. The smallest absolute Gasteiger partial charge is 0.337 e. The van der Waals surface area contributed by atoms with Gasteiger partial charge in [0, 0.05) is 30.0 Å². The van der Waals surface area contributed by atoms with Crippen LogP contribution in [0.15, 0.2) is 66.1 Å². The van der Waals surface area contributed by atoms with Crippen LogP contribution in [0.3, 0.4) is 0 Å². The van der Waals surface area contributed by atoms with Crippen LogP contribution in [0, 0.1) is 0 Å². The van der Waals surface area contributed by atoms with Crippen molar-refractivity contribution in [2.24, 2.45) is 0 Å². The molecule has 158 valence electrons. The van der Waals surface area contributed by atoms with E-state index in [2.05, 4.69) is 15.3 Å². The Hall–Kier alpha value is -3.72. The van der Waals surface area contributed by atoms with Gasteiger partial charge in [0.2, 0.25) is 0 Å². The fraction of sp³-hybridized carbons (Fsp3) is 0.136. The third kappa shape index (κ3) is 5.67. The summed E-state index contributed by atoms with van der Waals surface area (Å²) in [6.07, 6.45) is 5.02. The van der Waals surface area contributed by atoms with Crippen molar-refractivity contribution in [2.45, 2.75) is 10.8 Å². The number of thioether (sulfide) groups is 1. The molecule has 1 aromatic carbocycles. The van der Waals surface area contributed by atoms with Crippen LogP contribution in [0.2, 0.25) is 0 Å². The highest BCUT2D eigenvalue weighted by atomic mass is 32.2. The van der Waals surface area contributed by atoms with E-state index in [0.29, 0.717) is 16.3 Å². The van der Waals surface area contributed by atoms with Gasteiger partial charge in [-0.1, -0.05) is 0 Å². The molecular formula is C22H19N3O5S. The van der Waals surface area contributed by atoms with Crippen molar-refractivity contribution < 1.29 is 23.9 Å².